The zero-order valence-corrected chi connectivity index (χ0v) is 13.2. The van der Waals surface area contributed by atoms with Crippen LogP contribution in [-0.4, -0.2) is 5.16 Å². The van der Waals surface area contributed by atoms with E-state index in [9.17, 15) is 0 Å². The summed E-state index contributed by atoms with van der Waals surface area (Å²) < 4.78 is 10.8. The number of nitrogens with one attached hydrogen (secondary N) is 1. The number of aromatic nitrogens is 1. The quantitative estimate of drug-likeness (QED) is 0.720. The number of nitrogens with zero attached hydrogens (tertiary/aromatic N) is 1. The minimum Gasteiger partial charge on any atom is -0.489 e. The lowest BCUT2D eigenvalue weighted by atomic mass is 10.2. The molecule has 0 radical (unpaired) electrons. The number of rotatable bonds is 7. The highest BCUT2D eigenvalue weighted by Gasteiger charge is 2.00. The predicted molar refractivity (Wildman–Crippen MR) is 89.0 cm³/mol. The van der Waals surface area contributed by atoms with Crippen molar-refractivity contribution in [2.24, 2.45) is 0 Å². The average molecular weight is 308 g/mol. The molecule has 1 N–H and O–H groups in total. The van der Waals surface area contributed by atoms with Gasteiger partial charge in [-0.2, -0.15) is 0 Å². The zero-order valence-electron chi connectivity index (χ0n) is 13.2. The van der Waals surface area contributed by atoms with Crippen LogP contribution in [0.3, 0.4) is 0 Å². The molecule has 0 aliphatic carbocycles. The van der Waals surface area contributed by atoms with Gasteiger partial charge in [-0.1, -0.05) is 47.6 Å². The van der Waals surface area contributed by atoms with Crippen LogP contribution >= 0.6 is 0 Å². The van der Waals surface area contributed by atoms with Gasteiger partial charge < -0.3 is 14.6 Å². The van der Waals surface area contributed by atoms with E-state index in [0.717, 1.165) is 23.7 Å². The highest BCUT2D eigenvalue weighted by Crippen LogP contribution is 2.14. The van der Waals surface area contributed by atoms with Crippen LogP contribution in [0.15, 0.2) is 65.2 Å². The molecule has 0 saturated heterocycles. The van der Waals surface area contributed by atoms with E-state index in [1.165, 1.54) is 11.1 Å². The van der Waals surface area contributed by atoms with E-state index in [1.54, 1.807) is 0 Å². The van der Waals surface area contributed by atoms with Crippen molar-refractivity contribution in [3.8, 4) is 5.75 Å². The Balaban J connectivity index is 1.45. The van der Waals surface area contributed by atoms with Crippen LogP contribution < -0.4 is 10.1 Å². The molecule has 1 aromatic heterocycles. The maximum absolute atomic E-state index is 5.78. The summed E-state index contributed by atoms with van der Waals surface area (Å²) in [5, 5.41) is 7.30. The molecule has 23 heavy (non-hydrogen) atoms. The van der Waals surface area contributed by atoms with Crippen LogP contribution in [0.25, 0.3) is 0 Å². The summed E-state index contributed by atoms with van der Waals surface area (Å²) in [6.45, 7) is 3.96. The minimum atomic E-state index is 0.587. The molecule has 118 valence electrons. The Morgan fingerprint density at radius 2 is 1.74 bits per heavy atom. The maximum Gasteiger partial charge on any atom is 0.133 e. The fraction of sp³-hybridized carbons (Fsp3) is 0.211. The first-order valence-electron chi connectivity index (χ1n) is 7.68. The van der Waals surface area contributed by atoms with Crippen LogP contribution in [0.5, 0.6) is 5.75 Å². The van der Waals surface area contributed by atoms with E-state index in [2.05, 4.69) is 34.7 Å². The number of benzene rings is 2. The van der Waals surface area contributed by atoms with E-state index in [1.807, 2.05) is 43.3 Å². The van der Waals surface area contributed by atoms with Crippen molar-refractivity contribution in [2.75, 3.05) is 0 Å². The van der Waals surface area contributed by atoms with Crippen LogP contribution in [0, 0.1) is 6.92 Å². The molecule has 0 unspecified atom stereocenters. The summed E-state index contributed by atoms with van der Waals surface area (Å²) in [4.78, 5) is 0. The molecule has 4 nitrogen and oxygen atoms in total. The van der Waals surface area contributed by atoms with Gasteiger partial charge in [0.2, 0.25) is 0 Å². The third-order valence-electron chi connectivity index (χ3n) is 3.48. The summed E-state index contributed by atoms with van der Waals surface area (Å²) in [7, 11) is 0. The van der Waals surface area contributed by atoms with Crippen molar-refractivity contribution in [1.82, 2.24) is 10.5 Å². The SMILES string of the molecule is Cc1cc(CNCc2ccc(OCc3ccccc3)cc2)no1. The third kappa shape index (κ3) is 4.69. The van der Waals surface area contributed by atoms with Crippen molar-refractivity contribution in [3.05, 3.63) is 83.2 Å². The summed E-state index contributed by atoms with van der Waals surface area (Å²) in [6.07, 6.45) is 0. The van der Waals surface area contributed by atoms with Crippen molar-refractivity contribution in [1.29, 1.82) is 0 Å². The predicted octanol–water partition coefficient (Wildman–Crippen LogP) is 3.85. The highest BCUT2D eigenvalue weighted by atomic mass is 16.5. The van der Waals surface area contributed by atoms with E-state index in [-0.39, 0.29) is 0 Å². The Kier molecular flexibility index (Phi) is 5.06. The smallest absolute Gasteiger partial charge is 0.133 e. The zero-order chi connectivity index (χ0) is 15.9. The topological polar surface area (TPSA) is 47.3 Å². The second kappa shape index (κ2) is 7.61. The fourth-order valence-corrected chi connectivity index (χ4v) is 2.28. The summed E-state index contributed by atoms with van der Waals surface area (Å²) in [5.74, 6) is 1.71. The first-order chi connectivity index (χ1) is 11.3. The van der Waals surface area contributed by atoms with E-state index < -0.39 is 0 Å². The molecular formula is C19H20N2O2. The number of ether oxygens (including phenoxy) is 1. The van der Waals surface area contributed by atoms with Crippen molar-refractivity contribution in [2.45, 2.75) is 26.6 Å². The van der Waals surface area contributed by atoms with E-state index >= 15 is 0 Å². The van der Waals surface area contributed by atoms with Crippen LogP contribution in [0.1, 0.15) is 22.6 Å². The van der Waals surface area contributed by atoms with Gasteiger partial charge in [-0.25, -0.2) is 0 Å². The van der Waals surface area contributed by atoms with Crippen LogP contribution in [0.2, 0.25) is 0 Å². The van der Waals surface area contributed by atoms with Gasteiger partial charge in [0.05, 0.1) is 5.69 Å². The maximum atomic E-state index is 5.78. The van der Waals surface area contributed by atoms with Gasteiger partial charge in [0, 0.05) is 19.2 Å². The molecule has 0 amide bonds. The normalized spacial score (nSPS) is 10.7. The van der Waals surface area contributed by atoms with Gasteiger partial charge in [-0.15, -0.1) is 0 Å². The number of hydrogen-bond donors (Lipinski definition) is 1. The van der Waals surface area contributed by atoms with E-state index in [4.69, 9.17) is 9.26 Å². The van der Waals surface area contributed by atoms with Gasteiger partial charge in [-0.05, 0) is 30.2 Å². The molecule has 2 aromatic carbocycles. The molecule has 1 heterocycles. The van der Waals surface area contributed by atoms with Gasteiger partial charge in [0.15, 0.2) is 0 Å². The summed E-state index contributed by atoms with van der Waals surface area (Å²) in [5.41, 5.74) is 3.30. The molecular weight excluding hydrogens is 288 g/mol. The monoisotopic (exact) mass is 308 g/mol. The molecule has 0 fully saturated rings. The first-order valence-corrected chi connectivity index (χ1v) is 7.68. The lowest BCUT2D eigenvalue weighted by Gasteiger charge is -2.08. The molecule has 0 aliphatic rings. The lowest BCUT2D eigenvalue weighted by molar-refractivity contribution is 0.306. The molecule has 0 saturated carbocycles. The van der Waals surface area contributed by atoms with Crippen LogP contribution in [0.4, 0.5) is 0 Å². The molecule has 3 rings (SSSR count). The second-order valence-corrected chi connectivity index (χ2v) is 5.45. The Labute approximate surface area is 136 Å². The summed E-state index contributed by atoms with van der Waals surface area (Å²) in [6, 6.07) is 20.2. The average Bonchev–Trinajstić information content (AvgIpc) is 3.00. The highest BCUT2D eigenvalue weighted by molar-refractivity contribution is 5.27. The van der Waals surface area contributed by atoms with Crippen molar-refractivity contribution < 1.29 is 9.26 Å². The Hall–Kier alpha value is -2.59. The largest absolute Gasteiger partial charge is 0.489 e. The standard InChI is InChI=1S/C19H20N2O2/c1-15-11-18(21-23-15)13-20-12-16-7-9-19(10-8-16)22-14-17-5-3-2-4-6-17/h2-11,20H,12-14H2,1H3. The molecule has 4 heteroatoms. The summed E-state index contributed by atoms with van der Waals surface area (Å²) >= 11 is 0. The molecule has 0 atom stereocenters. The molecule has 0 bridgehead atoms. The molecule has 3 aromatic rings. The second-order valence-electron chi connectivity index (χ2n) is 5.45. The van der Waals surface area contributed by atoms with Gasteiger partial charge in [0.25, 0.3) is 0 Å². The third-order valence-corrected chi connectivity index (χ3v) is 3.48. The molecule has 0 aliphatic heterocycles. The van der Waals surface area contributed by atoms with E-state index in [0.29, 0.717) is 13.2 Å². The van der Waals surface area contributed by atoms with Gasteiger partial charge >= 0.3 is 0 Å². The fourth-order valence-electron chi connectivity index (χ4n) is 2.28. The van der Waals surface area contributed by atoms with Crippen molar-refractivity contribution >= 4 is 0 Å². The Morgan fingerprint density at radius 3 is 2.43 bits per heavy atom. The number of hydrogen-bond acceptors (Lipinski definition) is 4. The van der Waals surface area contributed by atoms with Gasteiger partial charge in [-0.3, -0.25) is 0 Å². The lowest BCUT2D eigenvalue weighted by Crippen LogP contribution is -2.12. The van der Waals surface area contributed by atoms with Crippen molar-refractivity contribution in [3.63, 3.8) is 0 Å². The van der Waals surface area contributed by atoms with Crippen LogP contribution in [-0.2, 0) is 19.7 Å². The Morgan fingerprint density at radius 1 is 0.957 bits per heavy atom. The first kappa shape index (κ1) is 15.3. The minimum absolute atomic E-state index is 0.587. The molecule has 0 spiro atoms. The van der Waals surface area contributed by atoms with Gasteiger partial charge in [0.1, 0.15) is 18.1 Å². The number of aryl methyl sites for hydroxylation is 1. The Bertz CT molecular complexity index is 721.